The first-order valence-corrected chi connectivity index (χ1v) is 10.9. The third kappa shape index (κ3) is 4.45. The summed E-state index contributed by atoms with van der Waals surface area (Å²) in [5.41, 5.74) is 3.32. The van der Waals surface area contributed by atoms with Crippen molar-refractivity contribution in [1.29, 1.82) is 0 Å². The van der Waals surface area contributed by atoms with Gasteiger partial charge in [0.15, 0.2) is 5.65 Å². The van der Waals surface area contributed by atoms with Crippen LogP contribution in [0.15, 0.2) is 102 Å². The highest BCUT2D eigenvalue weighted by Crippen LogP contribution is 2.24. The lowest BCUT2D eigenvalue weighted by Crippen LogP contribution is -2.23. The summed E-state index contributed by atoms with van der Waals surface area (Å²) in [5.74, 6) is 0.547. The van der Waals surface area contributed by atoms with Gasteiger partial charge >= 0.3 is 6.03 Å². The van der Waals surface area contributed by atoms with Gasteiger partial charge < -0.3 is 15.4 Å². The minimum Gasteiger partial charge on any atom is -0.495 e. The van der Waals surface area contributed by atoms with Gasteiger partial charge in [0, 0.05) is 17.4 Å². The Morgan fingerprint density at radius 1 is 0.886 bits per heavy atom. The molecule has 5 aromatic rings. The number of urea groups is 1. The summed E-state index contributed by atoms with van der Waals surface area (Å²) in [6.07, 6.45) is 1.62. The van der Waals surface area contributed by atoms with Gasteiger partial charge in [-0.1, -0.05) is 48.5 Å². The fraction of sp³-hybridized carbons (Fsp3) is 0.0370. The van der Waals surface area contributed by atoms with Crippen molar-refractivity contribution in [1.82, 2.24) is 14.5 Å². The van der Waals surface area contributed by atoms with Crippen LogP contribution in [0, 0.1) is 0 Å². The van der Waals surface area contributed by atoms with Gasteiger partial charge in [0.2, 0.25) is 0 Å². The predicted octanol–water partition coefficient (Wildman–Crippen LogP) is 5.10. The number of nitrogens with one attached hydrogen (secondary N) is 2. The third-order valence-electron chi connectivity index (χ3n) is 5.38. The van der Waals surface area contributed by atoms with Crippen LogP contribution in [0.5, 0.6) is 5.75 Å². The number of hydrogen-bond donors (Lipinski definition) is 2. The van der Waals surface area contributed by atoms with Gasteiger partial charge in [0.25, 0.3) is 5.56 Å². The topological polar surface area (TPSA) is 98.1 Å². The SMILES string of the molecule is COc1ccccc1NC(=O)Nc1cccc(-n2c(=O)c(-c3ccccc3)nc3cccnc32)c1. The predicted molar refractivity (Wildman–Crippen MR) is 136 cm³/mol. The molecule has 0 atom stereocenters. The number of pyridine rings is 1. The first kappa shape index (κ1) is 21.8. The van der Waals surface area contributed by atoms with Gasteiger partial charge in [0.1, 0.15) is 17.0 Å². The lowest BCUT2D eigenvalue weighted by molar-refractivity contribution is 0.262. The normalized spacial score (nSPS) is 10.7. The number of benzene rings is 3. The number of hydrogen-bond acceptors (Lipinski definition) is 5. The molecule has 0 saturated carbocycles. The largest absolute Gasteiger partial charge is 0.495 e. The van der Waals surface area contributed by atoms with E-state index >= 15 is 0 Å². The van der Waals surface area contributed by atoms with E-state index in [0.29, 0.717) is 45.2 Å². The quantitative estimate of drug-likeness (QED) is 0.378. The molecule has 0 fully saturated rings. The second-order valence-corrected chi connectivity index (χ2v) is 7.64. The van der Waals surface area contributed by atoms with Gasteiger partial charge in [-0.2, -0.15) is 0 Å². The molecule has 0 aliphatic rings. The molecule has 2 aromatic heterocycles. The molecule has 8 nitrogen and oxygen atoms in total. The van der Waals surface area contributed by atoms with Crippen molar-refractivity contribution in [3.05, 3.63) is 108 Å². The van der Waals surface area contributed by atoms with Crippen LogP contribution in [0.2, 0.25) is 0 Å². The Kier molecular flexibility index (Phi) is 5.92. The molecule has 0 saturated heterocycles. The zero-order valence-corrected chi connectivity index (χ0v) is 18.8. The molecule has 2 amide bonds. The summed E-state index contributed by atoms with van der Waals surface area (Å²) < 4.78 is 6.79. The highest BCUT2D eigenvalue weighted by molar-refractivity contribution is 6.00. The standard InChI is InChI=1S/C27H21N5O3/c1-35-23-15-6-5-13-21(23)31-27(34)29-19-11-7-12-20(17-19)32-25-22(14-8-16-28-25)30-24(26(32)33)18-9-3-2-4-10-18/h2-17H,1H3,(H2,29,31,34). The van der Waals surface area contributed by atoms with Gasteiger partial charge in [-0.15, -0.1) is 0 Å². The molecular weight excluding hydrogens is 442 g/mol. The van der Waals surface area contributed by atoms with Gasteiger partial charge in [-0.3, -0.25) is 9.36 Å². The molecule has 2 heterocycles. The van der Waals surface area contributed by atoms with Crippen LogP contribution < -0.4 is 20.9 Å². The second-order valence-electron chi connectivity index (χ2n) is 7.64. The summed E-state index contributed by atoms with van der Waals surface area (Å²) in [5, 5.41) is 5.58. The average molecular weight is 463 g/mol. The van der Waals surface area contributed by atoms with E-state index in [0.717, 1.165) is 0 Å². The number of aromatic nitrogens is 3. The van der Waals surface area contributed by atoms with E-state index in [4.69, 9.17) is 4.74 Å². The molecule has 0 bridgehead atoms. The maximum atomic E-state index is 13.6. The maximum Gasteiger partial charge on any atom is 0.323 e. The van der Waals surface area contributed by atoms with Crippen molar-refractivity contribution in [3.8, 4) is 22.7 Å². The number of methoxy groups -OCH3 is 1. The van der Waals surface area contributed by atoms with Crippen LogP contribution in [0.25, 0.3) is 28.1 Å². The molecule has 172 valence electrons. The van der Waals surface area contributed by atoms with E-state index in [1.54, 1.807) is 54.7 Å². The number of anilines is 2. The zero-order chi connectivity index (χ0) is 24.2. The van der Waals surface area contributed by atoms with E-state index in [1.165, 1.54) is 11.7 Å². The highest BCUT2D eigenvalue weighted by atomic mass is 16.5. The van der Waals surface area contributed by atoms with Crippen molar-refractivity contribution in [2.75, 3.05) is 17.7 Å². The summed E-state index contributed by atoms with van der Waals surface area (Å²) in [7, 11) is 1.54. The van der Waals surface area contributed by atoms with Gasteiger partial charge in [-0.25, -0.2) is 14.8 Å². The molecule has 0 unspecified atom stereocenters. The number of ether oxygens (including phenoxy) is 1. The summed E-state index contributed by atoms with van der Waals surface area (Å²) in [6, 6.07) is 26.6. The molecule has 0 aliphatic carbocycles. The lowest BCUT2D eigenvalue weighted by atomic mass is 10.1. The molecule has 0 spiro atoms. The number of rotatable bonds is 5. The molecule has 0 radical (unpaired) electrons. The molecular formula is C27H21N5O3. The Morgan fingerprint density at radius 2 is 1.69 bits per heavy atom. The minimum atomic E-state index is -0.443. The number of carbonyl (C=O) groups is 1. The van der Waals surface area contributed by atoms with Crippen molar-refractivity contribution in [2.24, 2.45) is 0 Å². The minimum absolute atomic E-state index is 0.307. The smallest absolute Gasteiger partial charge is 0.323 e. The van der Waals surface area contributed by atoms with E-state index in [-0.39, 0.29) is 5.56 Å². The van der Waals surface area contributed by atoms with Crippen LogP contribution >= 0.6 is 0 Å². The Morgan fingerprint density at radius 3 is 2.51 bits per heavy atom. The van der Waals surface area contributed by atoms with Crippen LogP contribution in [-0.2, 0) is 0 Å². The number of nitrogens with zero attached hydrogens (tertiary/aromatic N) is 3. The zero-order valence-electron chi connectivity index (χ0n) is 18.8. The van der Waals surface area contributed by atoms with Gasteiger partial charge in [-0.05, 0) is 42.5 Å². The average Bonchev–Trinajstić information content (AvgIpc) is 2.89. The fourth-order valence-corrected chi connectivity index (χ4v) is 3.80. The van der Waals surface area contributed by atoms with Crippen LogP contribution in [0.3, 0.4) is 0 Å². The summed E-state index contributed by atoms with van der Waals surface area (Å²) in [6.45, 7) is 0. The highest BCUT2D eigenvalue weighted by Gasteiger charge is 2.15. The fourth-order valence-electron chi connectivity index (χ4n) is 3.80. The van der Waals surface area contributed by atoms with Crippen LogP contribution in [0.1, 0.15) is 0 Å². The first-order valence-electron chi connectivity index (χ1n) is 10.9. The van der Waals surface area contributed by atoms with Crippen molar-refractivity contribution in [3.63, 3.8) is 0 Å². The Balaban J connectivity index is 1.53. The van der Waals surface area contributed by atoms with Crippen molar-refractivity contribution >= 4 is 28.6 Å². The van der Waals surface area contributed by atoms with Crippen molar-refractivity contribution < 1.29 is 9.53 Å². The Bertz CT molecular complexity index is 1580. The molecule has 3 aromatic carbocycles. The molecule has 0 aliphatic heterocycles. The first-order chi connectivity index (χ1) is 17.1. The second kappa shape index (κ2) is 9.48. The monoisotopic (exact) mass is 463 g/mol. The third-order valence-corrected chi connectivity index (χ3v) is 5.38. The van der Waals surface area contributed by atoms with Gasteiger partial charge in [0.05, 0.1) is 18.5 Å². The Hall–Kier alpha value is -4.98. The van der Waals surface area contributed by atoms with E-state index in [2.05, 4.69) is 20.6 Å². The number of amides is 2. The molecule has 8 heteroatoms. The van der Waals surface area contributed by atoms with E-state index in [9.17, 15) is 9.59 Å². The number of para-hydroxylation sites is 2. The number of fused-ring (bicyclic) bond motifs is 1. The molecule has 5 rings (SSSR count). The van der Waals surface area contributed by atoms with Crippen LogP contribution in [0.4, 0.5) is 16.2 Å². The molecule has 35 heavy (non-hydrogen) atoms. The van der Waals surface area contributed by atoms with E-state index in [1.807, 2.05) is 42.5 Å². The Labute approximate surface area is 200 Å². The number of carbonyl (C=O) groups excluding carboxylic acids is 1. The van der Waals surface area contributed by atoms with Crippen molar-refractivity contribution in [2.45, 2.75) is 0 Å². The lowest BCUT2D eigenvalue weighted by Gasteiger charge is -2.14. The summed E-state index contributed by atoms with van der Waals surface area (Å²) >= 11 is 0. The summed E-state index contributed by atoms with van der Waals surface area (Å²) in [4.78, 5) is 35.2. The van der Waals surface area contributed by atoms with Crippen LogP contribution in [-0.4, -0.2) is 27.7 Å². The maximum absolute atomic E-state index is 13.6. The van der Waals surface area contributed by atoms with E-state index < -0.39 is 6.03 Å². The molecule has 2 N–H and O–H groups in total.